The van der Waals surface area contributed by atoms with Crippen molar-refractivity contribution < 1.29 is 23.1 Å². The molecule has 2 amide bonds. The zero-order chi connectivity index (χ0) is 18.4. The van der Waals surface area contributed by atoms with E-state index in [4.69, 9.17) is 16.3 Å². The zero-order valence-electron chi connectivity index (χ0n) is 12.8. The fourth-order valence-corrected chi connectivity index (χ4v) is 1.97. The van der Waals surface area contributed by atoms with Crippen molar-refractivity contribution in [2.45, 2.75) is 0 Å². The smallest absolute Gasteiger partial charge is 0.262 e. The van der Waals surface area contributed by atoms with Crippen molar-refractivity contribution in [3.05, 3.63) is 65.7 Å². The summed E-state index contributed by atoms with van der Waals surface area (Å²) in [4.78, 5) is 23.1. The van der Waals surface area contributed by atoms with E-state index in [1.165, 1.54) is 24.3 Å². The number of amides is 2. The molecule has 0 spiro atoms. The molecule has 2 rings (SSSR count). The highest BCUT2D eigenvalue weighted by molar-refractivity contribution is 6.30. The van der Waals surface area contributed by atoms with Crippen LogP contribution in [0.4, 0.5) is 20.2 Å². The van der Waals surface area contributed by atoms with Crippen LogP contribution in [0.3, 0.4) is 0 Å². The number of halogens is 3. The van der Waals surface area contributed by atoms with Crippen LogP contribution in [0.2, 0.25) is 5.02 Å². The minimum atomic E-state index is -0.662. The molecule has 0 aliphatic heterocycles. The number of anilines is 2. The SMILES string of the molecule is C=CC(=O)Nc1cc(NC(=O)COc2ccc(F)c(Cl)c2)ccc1F. The third-order valence-corrected chi connectivity index (χ3v) is 3.24. The Morgan fingerprint density at radius 2 is 1.84 bits per heavy atom. The van der Waals surface area contributed by atoms with E-state index in [-0.39, 0.29) is 28.8 Å². The molecule has 0 saturated heterocycles. The van der Waals surface area contributed by atoms with Crippen LogP contribution in [0, 0.1) is 11.6 Å². The quantitative estimate of drug-likeness (QED) is 0.765. The molecule has 0 aliphatic rings. The largest absolute Gasteiger partial charge is 0.484 e. The van der Waals surface area contributed by atoms with Gasteiger partial charge in [0.1, 0.15) is 17.4 Å². The Bertz CT molecular complexity index is 828. The van der Waals surface area contributed by atoms with Gasteiger partial charge in [0.15, 0.2) is 6.61 Å². The van der Waals surface area contributed by atoms with Crippen molar-refractivity contribution in [3.63, 3.8) is 0 Å². The maximum Gasteiger partial charge on any atom is 0.262 e. The molecule has 0 saturated carbocycles. The molecule has 2 aromatic carbocycles. The standard InChI is InChI=1S/C17H13ClF2N2O3/c1-2-16(23)22-15-7-10(3-5-14(15)20)21-17(24)9-25-11-4-6-13(19)12(18)8-11/h2-8H,1,9H2,(H,21,24)(H,22,23). The van der Waals surface area contributed by atoms with Crippen LogP contribution in [-0.2, 0) is 9.59 Å². The number of hydrogen-bond acceptors (Lipinski definition) is 3. The molecule has 0 bridgehead atoms. The van der Waals surface area contributed by atoms with Crippen LogP contribution in [0.1, 0.15) is 0 Å². The molecule has 0 heterocycles. The van der Waals surface area contributed by atoms with Crippen molar-refractivity contribution >= 4 is 34.8 Å². The monoisotopic (exact) mass is 366 g/mol. The fraction of sp³-hybridized carbons (Fsp3) is 0.0588. The Balaban J connectivity index is 1.97. The molecule has 0 aliphatic carbocycles. The minimum Gasteiger partial charge on any atom is -0.484 e. The summed E-state index contributed by atoms with van der Waals surface area (Å²) in [6, 6.07) is 7.36. The summed E-state index contributed by atoms with van der Waals surface area (Å²) in [6.07, 6.45) is 0.992. The number of benzene rings is 2. The van der Waals surface area contributed by atoms with Crippen molar-refractivity contribution in [1.82, 2.24) is 0 Å². The molecule has 5 nitrogen and oxygen atoms in total. The third kappa shape index (κ3) is 5.29. The average Bonchev–Trinajstić information content (AvgIpc) is 2.58. The molecule has 2 N–H and O–H groups in total. The molecule has 130 valence electrons. The number of carbonyl (C=O) groups excluding carboxylic acids is 2. The summed E-state index contributed by atoms with van der Waals surface area (Å²) in [5.41, 5.74) is 0.153. The van der Waals surface area contributed by atoms with Gasteiger partial charge in [-0.3, -0.25) is 9.59 Å². The zero-order valence-corrected chi connectivity index (χ0v) is 13.6. The lowest BCUT2D eigenvalue weighted by Crippen LogP contribution is -2.20. The van der Waals surface area contributed by atoms with Crippen LogP contribution in [0.25, 0.3) is 0 Å². The molecule has 0 radical (unpaired) electrons. The van der Waals surface area contributed by atoms with Crippen LogP contribution >= 0.6 is 11.6 Å². The highest BCUT2D eigenvalue weighted by atomic mass is 35.5. The first kappa shape index (κ1) is 18.4. The summed E-state index contributed by atoms with van der Waals surface area (Å²) < 4.78 is 31.8. The first-order chi connectivity index (χ1) is 11.9. The second-order valence-electron chi connectivity index (χ2n) is 4.80. The van der Waals surface area contributed by atoms with E-state index in [0.717, 1.165) is 18.2 Å². The highest BCUT2D eigenvalue weighted by Gasteiger charge is 2.09. The second kappa shape index (κ2) is 8.25. The van der Waals surface area contributed by atoms with Gasteiger partial charge < -0.3 is 15.4 Å². The van der Waals surface area contributed by atoms with Gasteiger partial charge in [-0.25, -0.2) is 8.78 Å². The predicted octanol–water partition coefficient (Wildman–Crippen LogP) is 3.76. The van der Waals surface area contributed by atoms with E-state index in [9.17, 15) is 18.4 Å². The van der Waals surface area contributed by atoms with E-state index in [1.807, 2.05) is 0 Å². The lowest BCUT2D eigenvalue weighted by molar-refractivity contribution is -0.118. The van der Waals surface area contributed by atoms with Crippen LogP contribution in [0.15, 0.2) is 49.1 Å². The van der Waals surface area contributed by atoms with Crippen LogP contribution < -0.4 is 15.4 Å². The van der Waals surface area contributed by atoms with Gasteiger partial charge in [0.05, 0.1) is 10.7 Å². The summed E-state index contributed by atoms with van der Waals surface area (Å²) in [5, 5.41) is 4.63. The molecule has 0 unspecified atom stereocenters. The van der Waals surface area contributed by atoms with E-state index < -0.39 is 23.4 Å². The van der Waals surface area contributed by atoms with Gasteiger partial charge in [-0.1, -0.05) is 18.2 Å². The second-order valence-corrected chi connectivity index (χ2v) is 5.21. The summed E-state index contributed by atoms with van der Waals surface area (Å²) in [5.74, 6) is -2.16. The lowest BCUT2D eigenvalue weighted by Gasteiger charge is -2.10. The van der Waals surface area contributed by atoms with E-state index in [1.54, 1.807) is 0 Å². The Morgan fingerprint density at radius 3 is 2.52 bits per heavy atom. The van der Waals surface area contributed by atoms with Gasteiger partial charge in [0, 0.05) is 11.8 Å². The van der Waals surface area contributed by atoms with Gasteiger partial charge in [-0.15, -0.1) is 0 Å². The lowest BCUT2D eigenvalue weighted by atomic mass is 10.2. The molecule has 8 heteroatoms. The van der Waals surface area contributed by atoms with Crippen LogP contribution in [-0.4, -0.2) is 18.4 Å². The number of carbonyl (C=O) groups is 2. The first-order valence-electron chi connectivity index (χ1n) is 6.99. The van der Waals surface area contributed by atoms with Crippen molar-refractivity contribution in [2.75, 3.05) is 17.2 Å². The number of hydrogen-bond donors (Lipinski definition) is 2. The Kier molecular flexibility index (Phi) is 6.08. The van der Waals surface area contributed by atoms with Crippen LogP contribution in [0.5, 0.6) is 5.75 Å². The molecule has 25 heavy (non-hydrogen) atoms. The summed E-state index contributed by atoms with van der Waals surface area (Å²) in [6.45, 7) is 2.90. The van der Waals surface area contributed by atoms with Crippen molar-refractivity contribution in [2.24, 2.45) is 0 Å². The molecule has 0 aromatic heterocycles. The van der Waals surface area contributed by atoms with Crippen molar-refractivity contribution in [3.8, 4) is 5.75 Å². The van der Waals surface area contributed by atoms with E-state index in [0.29, 0.717) is 0 Å². The normalized spacial score (nSPS) is 10.0. The van der Waals surface area contributed by atoms with Gasteiger partial charge in [-0.2, -0.15) is 0 Å². The first-order valence-corrected chi connectivity index (χ1v) is 7.37. The molecule has 0 atom stereocenters. The number of ether oxygens (including phenoxy) is 1. The number of nitrogens with one attached hydrogen (secondary N) is 2. The topological polar surface area (TPSA) is 67.4 Å². The summed E-state index contributed by atoms with van der Waals surface area (Å²) in [7, 11) is 0. The maximum absolute atomic E-state index is 13.6. The molecular formula is C17H13ClF2N2O3. The summed E-state index contributed by atoms with van der Waals surface area (Å²) >= 11 is 5.61. The molecule has 2 aromatic rings. The Hall–Kier alpha value is -2.93. The highest BCUT2D eigenvalue weighted by Crippen LogP contribution is 2.22. The Morgan fingerprint density at radius 1 is 1.12 bits per heavy atom. The predicted molar refractivity (Wildman–Crippen MR) is 90.8 cm³/mol. The molecule has 0 fully saturated rings. The van der Waals surface area contributed by atoms with E-state index >= 15 is 0 Å². The van der Waals surface area contributed by atoms with E-state index in [2.05, 4.69) is 17.2 Å². The molecular weight excluding hydrogens is 354 g/mol. The van der Waals surface area contributed by atoms with Crippen molar-refractivity contribution in [1.29, 1.82) is 0 Å². The van der Waals surface area contributed by atoms with Gasteiger partial charge >= 0.3 is 0 Å². The third-order valence-electron chi connectivity index (χ3n) is 2.95. The number of rotatable bonds is 6. The fourth-order valence-electron chi connectivity index (χ4n) is 1.80. The van der Waals surface area contributed by atoms with Gasteiger partial charge in [-0.05, 0) is 36.4 Å². The van der Waals surface area contributed by atoms with Gasteiger partial charge in [0.25, 0.3) is 5.91 Å². The van der Waals surface area contributed by atoms with Gasteiger partial charge in [0.2, 0.25) is 5.91 Å². The maximum atomic E-state index is 13.6. The Labute approximate surface area is 147 Å². The average molecular weight is 367 g/mol. The minimum absolute atomic E-state index is 0.103.